The lowest BCUT2D eigenvalue weighted by Crippen LogP contribution is -2.09. The van der Waals surface area contributed by atoms with E-state index in [1.54, 1.807) is 4.68 Å². The maximum absolute atomic E-state index is 12.3. The van der Waals surface area contributed by atoms with Gasteiger partial charge in [-0.3, -0.25) is 4.79 Å². The number of hydrogen-bond donors (Lipinski definition) is 0. The first-order valence-electron chi connectivity index (χ1n) is 7.31. The third-order valence-electron chi connectivity index (χ3n) is 3.38. The van der Waals surface area contributed by atoms with Gasteiger partial charge in [-0.1, -0.05) is 25.6 Å². The van der Waals surface area contributed by atoms with Crippen molar-refractivity contribution in [2.24, 2.45) is 5.92 Å². The van der Waals surface area contributed by atoms with Gasteiger partial charge in [0.15, 0.2) is 5.78 Å². The van der Waals surface area contributed by atoms with Crippen LogP contribution in [0.1, 0.15) is 29.8 Å². The van der Waals surface area contributed by atoms with Crippen molar-refractivity contribution in [1.29, 1.82) is 0 Å². The minimum Gasteiger partial charge on any atom is -0.493 e. The minimum atomic E-state index is 0.0822. The summed E-state index contributed by atoms with van der Waals surface area (Å²) >= 11 is 1.38. The number of ether oxygens (including phenoxy) is 1. The van der Waals surface area contributed by atoms with E-state index in [-0.39, 0.29) is 5.78 Å². The molecule has 0 saturated heterocycles. The van der Waals surface area contributed by atoms with Gasteiger partial charge in [0.05, 0.1) is 12.4 Å². The Kier molecular flexibility index (Phi) is 4.42. The van der Waals surface area contributed by atoms with E-state index >= 15 is 0 Å². The normalized spacial score (nSPS) is 13.2. The van der Waals surface area contributed by atoms with Crippen molar-refractivity contribution in [3.63, 3.8) is 0 Å². The molecule has 3 rings (SSSR count). The Morgan fingerprint density at radius 3 is 3.14 bits per heavy atom. The largest absolute Gasteiger partial charge is 0.493 e. The van der Waals surface area contributed by atoms with Crippen LogP contribution in [0, 0.1) is 5.92 Å². The van der Waals surface area contributed by atoms with E-state index in [9.17, 15) is 4.79 Å². The number of rotatable bonds is 6. The molecular weight excluding hydrogens is 300 g/mol. The quantitative estimate of drug-likeness (QED) is 0.601. The van der Waals surface area contributed by atoms with Gasteiger partial charge in [0.2, 0.25) is 5.16 Å². The molecule has 22 heavy (non-hydrogen) atoms. The zero-order valence-electron chi connectivity index (χ0n) is 12.7. The first kappa shape index (κ1) is 15.0. The zero-order chi connectivity index (χ0) is 15.5. The number of aromatic nitrogens is 4. The van der Waals surface area contributed by atoms with E-state index in [0.717, 1.165) is 29.8 Å². The number of tetrazole rings is 1. The summed E-state index contributed by atoms with van der Waals surface area (Å²) in [7, 11) is 0. The standard InChI is InChI=1S/C15H18N4O2S/c1-10(2)8-19-15(16-17-18-19)22-9-13(20)11-3-4-14-12(7-11)5-6-21-14/h3-4,7,10H,5-6,8-9H2,1-2H3. The number of ketones is 1. The molecule has 0 amide bonds. The van der Waals surface area contributed by atoms with E-state index in [1.807, 2.05) is 18.2 Å². The molecule has 0 unspecified atom stereocenters. The van der Waals surface area contributed by atoms with Gasteiger partial charge in [0.1, 0.15) is 5.75 Å². The molecule has 0 spiro atoms. The molecule has 116 valence electrons. The lowest BCUT2D eigenvalue weighted by molar-refractivity contribution is 0.102. The molecule has 0 atom stereocenters. The van der Waals surface area contributed by atoms with E-state index in [2.05, 4.69) is 29.4 Å². The summed E-state index contributed by atoms with van der Waals surface area (Å²) in [6.45, 7) is 5.66. The monoisotopic (exact) mass is 318 g/mol. The molecule has 6 nitrogen and oxygen atoms in total. The molecule has 1 aliphatic rings. The predicted molar refractivity (Wildman–Crippen MR) is 83.4 cm³/mol. The molecule has 2 aromatic rings. The van der Waals surface area contributed by atoms with Crippen LogP contribution in [0.15, 0.2) is 23.4 Å². The third-order valence-corrected chi connectivity index (χ3v) is 4.34. The maximum Gasteiger partial charge on any atom is 0.209 e. The fraction of sp³-hybridized carbons (Fsp3) is 0.467. The summed E-state index contributed by atoms with van der Waals surface area (Å²) in [5.41, 5.74) is 1.83. The van der Waals surface area contributed by atoms with Crippen LogP contribution in [0.3, 0.4) is 0 Å². The highest BCUT2D eigenvalue weighted by Crippen LogP contribution is 2.26. The van der Waals surface area contributed by atoms with Crippen molar-refractivity contribution in [3.05, 3.63) is 29.3 Å². The van der Waals surface area contributed by atoms with E-state index in [4.69, 9.17) is 4.74 Å². The first-order chi connectivity index (χ1) is 10.6. The van der Waals surface area contributed by atoms with Gasteiger partial charge in [-0.2, -0.15) is 0 Å². The van der Waals surface area contributed by atoms with Crippen LogP contribution in [0.25, 0.3) is 0 Å². The molecule has 0 fully saturated rings. The molecule has 7 heteroatoms. The number of nitrogens with zero attached hydrogens (tertiary/aromatic N) is 4. The van der Waals surface area contributed by atoms with E-state index in [0.29, 0.717) is 23.4 Å². The molecule has 0 bridgehead atoms. The SMILES string of the molecule is CC(C)Cn1nnnc1SCC(=O)c1ccc2c(c1)CCO2. The molecule has 1 aromatic heterocycles. The molecule has 1 aliphatic heterocycles. The average Bonchev–Trinajstić information content (AvgIpc) is 3.12. The molecule has 1 aromatic carbocycles. The van der Waals surface area contributed by atoms with Crippen LogP contribution in [-0.4, -0.2) is 38.4 Å². The van der Waals surface area contributed by atoms with Crippen LogP contribution in [0.4, 0.5) is 0 Å². The molecule has 2 heterocycles. The highest BCUT2D eigenvalue weighted by atomic mass is 32.2. The van der Waals surface area contributed by atoms with Crippen LogP contribution in [0.5, 0.6) is 5.75 Å². The van der Waals surface area contributed by atoms with Gasteiger partial charge in [-0.05, 0) is 40.1 Å². The van der Waals surface area contributed by atoms with Gasteiger partial charge in [0, 0.05) is 18.5 Å². The summed E-state index contributed by atoms with van der Waals surface area (Å²) in [5, 5.41) is 12.3. The van der Waals surface area contributed by atoms with E-state index < -0.39 is 0 Å². The lowest BCUT2D eigenvalue weighted by atomic mass is 10.1. The van der Waals surface area contributed by atoms with Gasteiger partial charge in [0.25, 0.3) is 0 Å². The second kappa shape index (κ2) is 6.48. The van der Waals surface area contributed by atoms with Crippen molar-refractivity contribution in [1.82, 2.24) is 20.2 Å². The Bertz CT molecular complexity index is 684. The summed E-state index contributed by atoms with van der Waals surface area (Å²) in [5.74, 6) is 1.76. The zero-order valence-corrected chi connectivity index (χ0v) is 13.5. The number of Topliss-reactive ketones (excluding diaryl/α,β-unsaturated/α-hetero) is 1. The van der Waals surface area contributed by atoms with Crippen LogP contribution in [-0.2, 0) is 13.0 Å². The predicted octanol–water partition coefficient (Wildman–Crippen LogP) is 2.24. The van der Waals surface area contributed by atoms with Crippen molar-refractivity contribution in [2.75, 3.05) is 12.4 Å². The Morgan fingerprint density at radius 1 is 1.45 bits per heavy atom. The van der Waals surface area contributed by atoms with Crippen molar-refractivity contribution in [2.45, 2.75) is 32.0 Å². The molecule has 0 radical (unpaired) electrons. The number of hydrogen-bond acceptors (Lipinski definition) is 6. The fourth-order valence-electron chi connectivity index (χ4n) is 2.33. The topological polar surface area (TPSA) is 69.9 Å². The second-order valence-corrected chi connectivity index (χ2v) is 6.61. The van der Waals surface area contributed by atoms with E-state index in [1.165, 1.54) is 11.8 Å². The molecule has 0 saturated carbocycles. The Morgan fingerprint density at radius 2 is 2.32 bits per heavy atom. The van der Waals surface area contributed by atoms with Crippen molar-refractivity contribution < 1.29 is 9.53 Å². The van der Waals surface area contributed by atoms with Crippen molar-refractivity contribution >= 4 is 17.5 Å². The maximum atomic E-state index is 12.3. The molecule has 0 aliphatic carbocycles. The number of thioether (sulfide) groups is 1. The van der Waals surface area contributed by atoms with Crippen LogP contribution >= 0.6 is 11.8 Å². The third kappa shape index (κ3) is 3.30. The fourth-order valence-corrected chi connectivity index (χ4v) is 3.11. The average molecular weight is 318 g/mol. The van der Waals surface area contributed by atoms with Gasteiger partial charge in [-0.25, -0.2) is 4.68 Å². The molecular formula is C15H18N4O2S. The van der Waals surface area contributed by atoms with Gasteiger partial charge in [-0.15, -0.1) is 5.10 Å². The summed E-state index contributed by atoms with van der Waals surface area (Å²) in [4.78, 5) is 12.3. The smallest absolute Gasteiger partial charge is 0.209 e. The second-order valence-electron chi connectivity index (χ2n) is 5.67. The van der Waals surface area contributed by atoms with Gasteiger partial charge >= 0.3 is 0 Å². The highest BCUT2D eigenvalue weighted by Gasteiger charge is 2.16. The molecule has 0 N–H and O–H groups in total. The Balaban J connectivity index is 1.64. The minimum absolute atomic E-state index is 0.0822. The van der Waals surface area contributed by atoms with Crippen molar-refractivity contribution in [3.8, 4) is 5.75 Å². The lowest BCUT2D eigenvalue weighted by Gasteiger charge is -2.06. The summed E-state index contributed by atoms with van der Waals surface area (Å²) < 4.78 is 7.21. The Labute approximate surface area is 133 Å². The summed E-state index contributed by atoms with van der Waals surface area (Å²) in [6, 6.07) is 5.63. The summed E-state index contributed by atoms with van der Waals surface area (Å²) in [6.07, 6.45) is 0.871. The first-order valence-corrected chi connectivity index (χ1v) is 8.30. The van der Waals surface area contributed by atoms with Crippen LogP contribution < -0.4 is 4.74 Å². The highest BCUT2D eigenvalue weighted by molar-refractivity contribution is 7.99. The number of carbonyl (C=O) groups excluding carboxylic acids is 1. The number of benzene rings is 1. The number of fused-ring (bicyclic) bond motifs is 1. The van der Waals surface area contributed by atoms with Gasteiger partial charge < -0.3 is 4.74 Å². The number of carbonyl (C=O) groups is 1. The van der Waals surface area contributed by atoms with Crippen LogP contribution in [0.2, 0.25) is 0 Å². The Hall–Kier alpha value is -1.89.